The van der Waals surface area contributed by atoms with E-state index in [4.69, 9.17) is 0 Å². The predicted octanol–water partition coefficient (Wildman–Crippen LogP) is 2.80. The second-order valence-corrected chi connectivity index (χ2v) is 4.38. The molecule has 0 aliphatic rings. The topological polar surface area (TPSA) is 42.9 Å². The van der Waals surface area contributed by atoms with Crippen LogP contribution in [0, 0.1) is 5.82 Å². The third kappa shape index (κ3) is 2.94. The van der Waals surface area contributed by atoms with E-state index in [1.54, 1.807) is 18.5 Å². The maximum absolute atomic E-state index is 13.3. The third-order valence-electron chi connectivity index (χ3n) is 2.20. The van der Waals surface area contributed by atoms with Crippen molar-refractivity contribution < 1.29 is 9.18 Å². The summed E-state index contributed by atoms with van der Waals surface area (Å²) in [4.78, 5) is 19.4. The summed E-state index contributed by atoms with van der Waals surface area (Å²) in [6.45, 7) is 0. The lowest BCUT2D eigenvalue weighted by Gasteiger charge is -2.02. The minimum Gasteiger partial charge on any atom is -0.294 e. The lowest BCUT2D eigenvalue weighted by atomic mass is 10.1. The highest BCUT2D eigenvalue weighted by atomic mass is 79.9. The maximum Gasteiger partial charge on any atom is 0.170 e. The van der Waals surface area contributed by atoms with Gasteiger partial charge in [0.25, 0.3) is 0 Å². The molecule has 0 unspecified atom stereocenters. The fourth-order valence-corrected chi connectivity index (χ4v) is 1.85. The summed E-state index contributed by atoms with van der Waals surface area (Å²) in [6.07, 6.45) is 5.76. The number of carbonyl (C=O) groups is 1. The van der Waals surface area contributed by atoms with Gasteiger partial charge in [-0.3, -0.25) is 14.8 Å². The summed E-state index contributed by atoms with van der Waals surface area (Å²) in [5, 5.41) is 0. The van der Waals surface area contributed by atoms with Gasteiger partial charge in [-0.2, -0.15) is 0 Å². The first-order valence-electron chi connectivity index (χ1n) is 4.89. The van der Waals surface area contributed by atoms with Crippen molar-refractivity contribution in [3.05, 3.63) is 58.3 Å². The summed E-state index contributed by atoms with van der Waals surface area (Å²) in [7, 11) is 0. The smallest absolute Gasteiger partial charge is 0.170 e. The molecule has 0 aromatic carbocycles. The molecule has 0 saturated heterocycles. The van der Waals surface area contributed by atoms with Gasteiger partial charge in [-0.25, -0.2) is 4.39 Å². The first kappa shape index (κ1) is 11.9. The van der Waals surface area contributed by atoms with E-state index in [1.807, 2.05) is 0 Å². The van der Waals surface area contributed by atoms with Crippen molar-refractivity contribution in [2.75, 3.05) is 0 Å². The average Bonchev–Trinajstić information content (AvgIpc) is 2.29. The SMILES string of the molecule is O=C(Cc1cncc(Br)c1)c1ccncc1F. The molecule has 0 atom stereocenters. The van der Waals surface area contributed by atoms with Crippen LogP contribution in [0.4, 0.5) is 4.39 Å². The first-order valence-corrected chi connectivity index (χ1v) is 5.68. The average molecular weight is 295 g/mol. The van der Waals surface area contributed by atoms with Crippen LogP contribution in [-0.4, -0.2) is 15.8 Å². The Morgan fingerprint density at radius 2 is 2.12 bits per heavy atom. The number of rotatable bonds is 3. The van der Waals surface area contributed by atoms with Gasteiger partial charge in [-0.05, 0) is 33.6 Å². The predicted molar refractivity (Wildman–Crippen MR) is 64.2 cm³/mol. The van der Waals surface area contributed by atoms with Crippen molar-refractivity contribution >= 4 is 21.7 Å². The van der Waals surface area contributed by atoms with Crippen LogP contribution in [0.1, 0.15) is 15.9 Å². The Kier molecular flexibility index (Phi) is 3.58. The highest BCUT2D eigenvalue weighted by Gasteiger charge is 2.12. The number of ketones is 1. The fraction of sp³-hybridized carbons (Fsp3) is 0.0833. The summed E-state index contributed by atoms with van der Waals surface area (Å²) in [5.41, 5.74) is 0.792. The molecule has 0 saturated carbocycles. The third-order valence-corrected chi connectivity index (χ3v) is 2.63. The van der Waals surface area contributed by atoms with Crippen LogP contribution in [0.3, 0.4) is 0 Å². The van der Waals surface area contributed by atoms with Crippen LogP contribution in [-0.2, 0) is 6.42 Å². The van der Waals surface area contributed by atoms with Crippen LogP contribution in [0.2, 0.25) is 0 Å². The zero-order chi connectivity index (χ0) is 12.3. The lowest BCUT2D eigenvalue weighted by Crippen LogP contribution is -2.06. The molecule has 0 fully saturated rings. The van der Waals surface area contributed by atoms with E-state index < -0.39 is 5.82 Å². The van der Waals surface area contributed by atoms with Crippen molar-refractivity contribution in [3.8, 4) is 0 Å². The molecule has 3 nitrogen and oxygen atoms in total. The minimum absolute atomic E-state index is 0.0555. The molecule has 5 heteroatoms. The van der Waals surface area contributed by atoms with E-state index in [-0.39, 0.29) is 17.8 Å². The number of carbonyl (C=O) groups excluding carboxylic acids is 1. The van der Waals surface area contributed by atoms with Crippen LogP contribution < -0.4 is 0 Å². The van der Waals surface area contributed by atoms with Crippen molar-refractivity contribution in [2.24, 2.45) is 0 Å². The molecular formula is C12H8BrFN2O. The second-order valence-electron chi connectivity index (χ2n) is 3.47. The molecule has 2 aromatic rings. The molecule has 0 spiro atoms. The molecule has 0 radical (unpaired) electrons. The summed E-state index contributed by atoms with van der Waals surface area (Å²) >= 11 is 3.26. The zero-order valence-corrected chi connectivity index (χ0v) is 10.3. The standard InChI is InChI=1S/C12H8BrFN2O/c13-9-3-8(5-16-6-9)4-12(17)10-1-2-15-7-11(10)14/h1-3,5-7H,4H2. The molecule has 2 heterocycles. The summed E-state index contributed by atoms with van der Waals surface area (Å²) < 4.78 is 14.1. The number of Topliss-reactive ketones (excluding diaryl/α,β-unsaturated/α-hetero) is 1. The lowest BCUT2D eigenvalue weighted by molar-refractivity contribution is 0.0989. The summed E-state index contributed by atoms with van der Waals surface area (Å²) in [6, 6.07) is 3.16. The first-order chi connectivity index (χ1) is 8.16. The Bertz CT molecular complexity index is 560. The molecule has 17 heavy (non-hydrogen) atoms. The van der Waals surface area contributed by atoms with Crippen LogP contribution in [0.25, 0.3) is 0 Å². The van der Waals surface area contributed by atoms with Gasteiger partial charge in [0.15, 0.2) is 11.6 Å². The van der Waals surface area contributed by atoms with Crippen LogP contribution >= 0.6 is 15.9 Å². The quantitative estimate of drug-likeness (QED) is 0.818. The monoisotopic (exact) mass is 294 g/mol. The number of hydrogen-bond acceptors (Lipinski definition) is 3. The van der Waals surface area contributed by atoms with Gasteiger partial charge < -0.3 is 0 Å². The largest absolute Gasteiger partial charge is 0.294 e. The molecule has 2 rings (SSSR count). The van der Waals surface area contributed by atoms with Crippen molar-refractivity contribution in [1.82, 2.24) is 9.97 Å². The molecule has 0 aliphatic carbocycles. The number of pyridine rings is 2. The van der Waals surface area contributed by atoms with E-state index >= 15 is 0 Å². The number of halogens is 2. The molecule has 2 aromatic heterocycles. The van der Waals surface area contributed by atoms with Gasteiger partial charge in [0, 0.05) is 29.5 Å². The van der Waals surface area contributed by atoms with Gasteiger partial charge in [0.05, 0.1) is 11.8 Å². The number of nitrogens with zero attached hydrogens (tertiary/aromatic N) is 2. The van der Waals surface area contributed by atoms with Crippen molar-refractivity contribution in [1.29, 1.82) is 0 Å². The number of hydrogen-bond donors (Lipinski definition) is 0. The maximum atomic E-state index is 13.3. The van der Waals surface area contributed by atoms with Crippen LogP contribution in [0.15, 0.2) is 41.4 Å². The van der Waals surface area contributed by atoms with E-state index in [9.17, 15) is 9.18 Å². The van der Waals surface area contributed by atoms with E-state index in [0.29, 0.717) is 0 Å². The van der Waals surface area contributed by atoms with E-state index in [2.05, 4.69) is 25.9 Å². The zero-order valence-electron chi connectivity index (χ0n) is 8.73. The van der Waals surface area contributed by atoms with E-state index in [0.717, 1.165) is 16.2 Å². The normalized spacial score (nSPS) is 10.2. The molecule has 0 bridgehead atoms. The van der Waals surface area contributed by atoms with Gasteiger partial charge in [-0.1, -0.05) is 0 Å². The molecule has 0 amide bonds. The molecule has 86 valence electrons. The van der Waals surface area contributed by atoms with Crippen molar-refractivity contribution in [3.63, 3.8) is 0 Å². The summed E-state index contributed by atoms with van der Waals surface area (Å²) in [5.74, 6) is -0.884. The van der Waals surface area contributed by atoms with E-state index in [1.165, 1.54) is 12.3 Å². The molecule has 0 N–H and O–H groups in total. The molecule has 0 aliphatic heterocycles. The molecular weight excluding hydrogens is 287 g/mol. The minimum atomic E-state index is -0.597. The van der Waals surface area contributed by atoms with Crippen LogP contribution in [0.5, 0.6) is 0 Å². The van der Waals surface area contributed by atoms with Gasteiger partial charge in [0.1, 0.15) is 0 Å². The Morgan fingerprint density at radius 3 is 2.82 bits per heavy atom. The van der Waals surface area contributed by atoms with Gasteiger partial charge >= 0.3 is 0 Å². The van der Waals surface area contributed by atoms with Crippen molar-refractivity contribution in [2.45, 2.75) is 6.42 Å². The highest BCUT2D eigenvalue weighted by Crippen LogP contribution is 2.13. The van der Waals surface area contributed by atoms with Gasteiger partial charge in [0.2, 0.25) is 0 Å². The Labute approximate surface area is 106 Å². The fourth-order valence-electron chi connectivity index (χ4n) is 1.43. The van der Waals surface area contributed by atoms with Gasteiger partial charge in [-0.15, -0.1) is 0 Å². The Balaban J connectivity index is 2.20. The second kappa shape index (κ2) is 5.14. The Hall–Kier alpha value is -1.62. The Morgan fingerprint density at radius 1 is 1.29 bits per heavy atom. The number of aromatic nitrogens is 2. The highest BCUT2D eigenvalue weighted by molar-refractivity contribution is 9.10.